The highest BCUT2D eigenvalue weighted by atomic mass is 32.2. The summed E-state index contributed by atoms with van der Waals surface area (Å²) in [5.41, 5.74) is 1.34. The monoisotopic (exact) mass is 400 g/mol. The van der Waals surface area contributed by atoms with Crippen LogP contribution >= 0.6 is 0 Å². The van der Waals surface area contributed by atoms with Crippen molar-refractivity contribution in [2.24, 2.45) is 5.14 Å². The second-order valence-electron chi connectivity index (χ2n) is 5.79. The van der Waals surface area contributed by atoms with Crippen molar-refractivity contribution in [1.29, 1.82) is 0 Å². The fourth-order valence-electron chi connectivity index (χ4n) is 2.57. The normalized spacial score (nSPS) is 11.1. The molecule has 0 bridgehead atoms. The Kier molecular flexibility index (Phi) is 5.30. The minimum Gasteiger partial charge on any atom is -0.497 e. The van der Waals surface area contributed by atoms with E-state index in [4.69, 9.17) is 14.6 Å². The van der Waals surface area contributed by atoms with Gasteiger partial charge in [0.15, 0.2) is 0 Å². The third kappa shape index (κ3) is 4.27. The molecule has 0 aliphatic rings. The average molecular weight is 400 g/mol. The number of rotatable bonds is 6. The summed E-state index contributed by atoms with van der Waals surface area (Å²) in [6, 6.07) is 17.6. The number of hydrogen-bond donors (Lipinski definition) is 1. The van der Waals surface area contributed by atoms with E-state index in [-0.39, 0.29) is 5.75 Å². The van der Waals surface area contributed by atoms with Crippen molar-refractivity contribution in [2.75, 3.05) is 7.11 Å². The maximum atomic E-state index is 11.8. The predicted molar refractivity (Wildman–Crippen MR) is 103 cm³/mol. The zero-order chi connectivity index (χ0) is 20.3. The molecule has 0 saturated carbocycles. The second kappa shape index (κ2) is 7.67. The van der Waals surface area contributed by atoms with Crippen molar-refractivity contribution in [2.45, 2.75) is 4.90 Å². The Morgan fingerprint density at radius 2 is 1.64 bits per heavy atom. The lowest BCUT2D eigenvalue weighted by molar-refractivity contribution is -0.385. The number of methoxy groups -OCH3 is 1. The average Bonchev–Trinajstić information content (AvgIpc) is 2.67. The van der Waals surface area contributed by atoms with E-state index >= 15 is 0 Å². The van der Waals surface area contributed by atoms with Crippen LogP contribution in [0.3, 0.4) is 0 Å². The molecule has 2 N–H and O–H groups in total. The van der Waals surface area contributed by atoms with Crippen LogP contribution in [0.25, 0.3) is 11.1 Å². The summed E-state index contributed by atoms with van der Waals surface area (Å²) < 4.78 is 34.5. The molecule has 3 aromatic rings. The van der Waals surface area contributed by atoms with E-state index in [0.29, 0.717) is 5.75 Å². The number of nitro benzene ring substituents is 1. The highest BCUT2D eigenvalue weighted by molar-refractivity contribution is 7.89. The molecule has 8 nitrogen and oxygen atoms in total. The molecule has 0 atom stereocenters. The van der Waals surface area contributed by atoms with Gasteiger partial charge in [-0.3, -0.25) is 10.1 Å². The van der Waals surface area contributed by atoms with E-state index in [1.807, 2.05) is 30.3 Å². The molecule has 144 valence electrons. The van der Waals surface area contributed by atoms with Crippen LogP contribution in [0.15, 0.2) is 71.6 Å². The number of non-ortho nitro benzene ring substituents is 1. The minimum absolute atomic E-state index is 0.0972. The van der Waals surface area contributed by atoms with Gasteiger partial charge in [-0.2, -0.15) is 0 Å². The number of nitrogens with zero attached hydrogens (tertiary/aromatic N) is 1. The van der Waals surface area contributed by atoms with Crippen LogP contribution in [0.4, 0.5) is 5.69 Å². The summed E-state index contributed by atoms with van der Waals surface area (Å²) in [4.78, 5) is 9.75. The van der Waals surface area contributed by atoms with Gasteiger partial charge in [0.25, 0.3) is 5.69 Å². The van der Waals surface area contributed by atoms with Crippen molar-refractivity contribution in [3.8, 4) is 28.4 Å². The summed E-state index contributed by atoms with van der Waals surface area (Å²) in [5, 5.41) is 16.1. The number of nitro groups is 1. The summed E-state index contributed by atoms with van der Waals surface area (Å²) in [6.07, 6.45) is 0. The molecule has 0 aliphatic carbocycles. The minimum atomic E-state index is -4.22. The highest BCUT2D eigenvalue weighted by Crippen LogP contribution is 2.33. The van der Waals surface area contributed by atoms with Gasteiger partial charge < -0.3 is 9.47 Å². The first-order valence-corrected chi connectivity index (χ1v) is 9.56. The van der Waals surface area contributed by atoms with Gasteiger partial charge in [-0.05, 0) is 41.5 Å². The Hall–Kier alpha value is -3.43. The van der Waals surface area contributed by atoms with Gasteiger partial charge in [0.1, 0.15) is 22.1 Å². The van der Waals surface area contributed by atoms with Crippen molar-refractivity contribution >= 4 is 15.7 Å². The molecule has 0 radical (unpaired) electrons. The summed E-state index contributed by atoms with van der Waals surface area (Å²) in [7, 11) is -2.64. The molecule has 28 heavy (non-hydrogen) atoms. The van der Waals surface area contributed by atoms with E-state index in [2.05, 4.69) is 0 Å². The standard InChI is InChI=1S/C19H16N2O6S/c1-26-16-8-5-13(6-9-16)14-3-2-4-17(11-14)27-18-10-7-15(21(22)23)12-19(18)28(20,24)25/h2-12H,1H3,(H2,20,24,25). The quantitative estimate of drug-likeness (QED) is 0.497. The van der Waals surface area contributed by atoms with Crippen LogP contribution < -0.4 is 14.6 Å². The van der Waals surface area contributed by atoms with Gasteiger partial charge >= 0.3 is 0 Å². The zero-order valence-electron chi connectivity index (χ0n) is 14.7. The number of sulfonamides is 1. The summed E-state index contributed by atoms with van der Waals surface area (Å²) in [5.74, 6) is 0.979. The fourth-order valence-corrected chi connectivity index (χ4v) is 3.24. The smallest absolute Gasteiger partial charge is 0.271 e. The first kappa shape index (κ1) is 19.3. The summed E-state index contributed by atoms with van der Waals surface area (Å²) in [6.45, 7) is 0. The van der Waals surface area contributed by atoms with E-state index < -0.39 is 25.5 Å². The van der Waals surface area contributed by atoms with Gasteiger partial charge in [-0.15, -0.1) is 0 Å². The van der Waals surface area contributed by atoms with Crippen LogP contribution in [0.2, 0.25) is 0 Å². The van der Waals surface area contributed by atoms with E-state index in [1.165, 1.54) is 6.07 Å². The lowest BCUT2D eigenvalue weighted by atomic mass is 10.1. The Balaban J connectivity index is 1.97. The van der Waals surface area contributed by atoms with Crippen molar-refractivity contribution in [3.63, 3.8) is 0 Å². The second-order valence-corrected chi connectivity index (χ2v) is 7.32. The molecule has 0 amide bonds. The predicted octanol–water partition coefficient (Wildman–Crippen LogP) is 3.71. The lowest BCUT2D eigenvalue weighted by Gasteiger charge is -2.11. The molecule has 0 saturated heterocycles. The number of nitrogens with two attached hydrogens (primary N) is 1. The van der Waals surface area contributed by atoms with Crippen LogP contribution in [0.1, 0.15) is 0 Å². The van der Waals surface area contributed by atoms with Gasteiger partial charge in [-0.1, -0.05) is 24.3 Å². The molecular weight excluding hydrogens is 384 g/mol. The Morgan fingerprint density at radius 1 is 0.929 bits per heavy atom. The molecule has 0 aliphatic heterocycles. The molecule has 0 aromatic heterocycles. The van der Waals surface area contributed by atoms with E-state index in [9.17, 15) is 18.5 Å². The summed E-state index contributed by atoms with van der Waals surface area (Å²) >= 11 is 0. The van der Waals surface area contributed by atoms with Gasteiger partial charge in [-0.25, -0.2) is 13.6 Å². The molecular formula is C19H16N2O6S. The topological polar surface area (TPSA) is 122 Å². The third-order valence-corrected chi connectivity index (χ3v) is 4.86. The molecule has 0 fully saturated rings. The Labute approximate surface area is 161 Å². The lowest BCUT2D eigenvalue weighted by Crippen LogP contribution is -2.13. The molecule has 0 heterocycles. The largest absolute Gasteiger partial charge is 0.497 e. The van der Waals surface area contributed by atoms with Crippen molar-refractivity contribution in [3.05, 3.63) is 76.8 Å². The maximum Gasteiger partial charge on any atom is 0.271 e. The first-order valence-electron chi connectivity index (χ1n) is 8.01. The Morgan fingerprint density at radius 3 is 2.25 bits per heavy atom. The molecule has 0 spiro atoms. The number of benzene rings is 3. The Bertz CT molecular complexity index is 1130. The molecule has 3 rings (SSSR count). The van der Waals surface area contributed by atoms with Crippen LogP contribution in [-0.2, 0) is 10.0 Å². The van der Waals surface area contributed by atoms with Gasteiger partial charge in [0, 0.05) is 12.1 Å². The molecule has 3 aromatic carbocycles. The molecule has 9 heteroatoms. The number of ether oxygens (including phenoxy) is 2. The van der Waals surface area contributed by atoms with Gasteiger partial charge in [0.2, 0.25) is 10.0 Å². The van der Waals surface area contributed by atoms with Crippen molar-refractivity contribution in [1.82, 2.24) is 0 Å². The van der Waals surface area contributed by atoms with Crippen LogP contribution in [0, 0.1) is 10.1 Å². The third-order valence-electron chi connectivity index (χ3n) is 3.93. The fraction of sp³-hybridized carbons (Fsp3) is 0.0526. The molecule has 0 unspecified atom stereocenters. The number of primary sulfonamides is 1. The van der Waals surface area contributed by atoms with Crippen molar-refractivity contribution < 1.29 is 22.8 Å². The van der Waals surface area contributed by atoms with E-state index in [1.54, 1.807) is 25.3 Å². The number of hydrogen-bond acceptors (Lipinski definition) is 6. The maximum absolute atomic E-state index is 11.8. The van der Waals surface area contributed by atoms with E-state index in [0.717, 1.165) is 29.0 Å². The van der Waals surface area contributed by atoms with Gasteiger partial charge in [0.05, 0.1) is 12.0 Å². The zero-order valence-corrected chi connectivity index (χ0v) is 15.5. The first-order chi connectivity index (χ1) is 13.3. The van der Waals surface area contributed by atoms with Crippen LogP contribution in [-0.4, -0.2) is 20.5 Å². The highest BCUT2D eigenvalue weighted by Gasteiger charge is 2.20. The van der Waals surface area contributed by atoms with Crippen LogP contribution in [0.5, 0.6) is 17.2 Å². The SMILES string of the molecule is COc1ccc(-c2cccc(Oc3ccc([N+](=O)[O-])cc3S(N)(=O)=O)c2)cc1.